The normalized spacial score (nSPS) is 29.6. The summed E-state index contributed by atoms with van der Waals surface area (Å²) in [6.45, 7) is 14.1. The number of fused-ring (bicyclic) bond motifs is 1. The first-order chi connectivity index (χ1) is 14.9. The summed E-state index contributed by atoms with van der Waals surface area (Å²) in [4.78, 5) is 32.6. The number of hydrogen-bond donors (Lipinski definition) is 0. The van der Waals surface area contributed by atoms with Crippen molar-refractivity contribution in [2.75, 3.05) is 40.4 Å². The van der Waals surface area contributed by atoms with Crippen molar-refractivity contribution in [1.29, 1.82) is 0 Å². The Balaban J connectivity index is 2.30. The third kappa shape index (κ3) is 3.51. The van der Waals surface area contributed by atoms with Gasteiger partial charge in [0.25, 0.3) is 0 Å². The van der Waals surface area contributed by atoms with E-state index in [4.69, 9.17) is 9.47 Å². The molecule has 1 saturated carbocycles. The molecule has 174 valence electrons. The van der Waals surface area contributed by atoms with Crippen molar-refractivity contribution in [2.24, 2.45) is 11.8 Å². The maximum Gasteiger partial charge on any atom is 0.336 e. The fourth-order valence-corrected chi connectivity index (χ4v) is 12.3. The lowest BCUT2D eigenvalue weighted by atomic mass is 9.86. The zero-order valence-electron chi connectivity index (χ0n) is 20.0. The SMILES string of the molecule is CCN(CC)C1=C(N(CC)CC)C2(C(=O)OC)C(C(=O)OC)=C(C3CCCC3C)SP12. The second-order valence-electron chi connectivity index (χ2n) is 8.35. The van der Waals surface area contributed by atoms with E-state index in [9.17, 15) is 9.59 Å². The number of rotatable bonds is 9. The van der Waals surface area contributed by atoms with Gasteiger partial charge in [0.2, 0.25) is 0 Å². The van der Waals surface area contributed by atoms with Crippen molar-refractivity contribution in [1.82, 2.24) is 9.80 Å². The fraction of sp³-hybridized carbons (Fsp3) is 0.739. The number of hydrogen-bond acceptors (Lipinski definition) is 7. The molecule has 0 spiro atoms. The number of ether oxygens (including phenoxy) is 2. The standard InChI is InChI=1S/C23H37N2O4PS/c1-8-24(9-2)19-20(25(10-3)11-4)30-23(19,22(27)29-7)17(21(26)28-6)18(31-30)16-14-12-13-15(16)5/h15-16H,8-14H2,1-7H3. The van der Waals surface area contributed by atoms with E-state index < -0.39 is 12.3 Å². The minimum absolute atomic E-state index is 0.310. The first-order valence-electron chi connectivity index (χ1n) is 11.5. The highest BCUT2D eigenvalue weighted by Gasteiger charge is 2.71. The monoisotopic (exact) mass is 468 g/mol. The van der Waals surface area contributed by atoms with Gasteiger partial charge in [0.15, 0.2) is 5.16 Å². The molecule has 8 heteroatoms. The summed E-state index contributed by atoms with van der Waals surface area (Å²) in [5, 5.41) is -1.02. The molecule has 1 fully saturated rings. The lowest BCUT2D eigenvalue weighted by Crippen LogP contribution is -2.55. The maximum atomic E-state index is 13.6. The number of esters is 2. The van der Waals surface area contributed by atoms with Crippen molar-refractivity contribution in [3.63, 3.8) is 0 Å². The van der Waals surface area contributed by atoms with Crippen LogP contribution >= 0.6 is 18.5 Å². The van der Waals surface area contributed by atoms with Crippen molar-refractivity contribution >= 4 is 30.4 Å². The molecule has 0 radical (unpaired) electrons. The molecule has 2 heterocycles. The number of carbonyl (C=O) groups excluding carboxylic acids is 2. The highest BCUT2D eigenvalue weighted by atomic mass is 32.7. The molecule has 3 aliphatic rings. The minimum atomic E-state index is -1.02. The van der Waals surface area contributed by atoms with Gasteiger partial charge in [-0.05, 0) is 46.0 Å². The second-order valence-corrected chi connectivity index (χ2v) is 12.3. The van der Waals surface area contributed by atoms with Gasteiger partial charge in [-0.3, -0.25) is 4.79 Å². The van der Waals surface area contributed by atoms with Crippen LogP contribution in [0, 0.1) is 11.8 Å². The van der Waals surface area contributed by atoms with E-state index in [0.717, 1.165) is 56.0 Å². The largest absolute Gasteiger partial charge is 0.468 e. The molecule has 0 amide bonds. The van der Waals surface area contributed by atoms with Crippen LogP contribution in [0.5, 0.6) is 0 Å². The number of allylic oxidation sites excluding steroid dienone is 1. The van der Waals surface area contributed by atoms with Gasteiger partial charge in [-0.15, -0.1) is 0 Å². The van der Waals surface area contributed by atoms with Crippen molar-refractivity contribution in [3.8, 4) is 0 Å². The predicted octanol–water partition coefficient (Wildman–Crippen LogP) is 4.77. The smallest absolute Gasteiger partial charge is 0.336 e. The Morgan fingerprint density at radius 1 is 1.03 bits per heavy atom. The van der Waals surface area contributed by atoms with E-state index in [1.807, 2.05) is 0 Å². The Morgan fingerprint density at radius 2 is 1.65 bits per heavy atom. The predicted molar refractivity (Wildman–Crippen MR) is 128 cm³/mol. The van der Waals surface area contributed by atoms with E-state index in [1.165, 1.54) is 19.7 Å². The summed E-state index contributed by atoms with van der Waals surface area (Å²) < 4.78 is 10.7. The van der Waals surface area contributed by atoms with Gasteiger partial charge >= 0.3 is 11.9 Å². The quantitative estimate of drug-likeness (QED) is 0.357. The Labute approximate surface area is 192 Å². The summed E-state index contributed by atoms with van der Waals surface area (Å²) in [6, 6.07) is 0. The Bertz CT molecular complexity index is 790. The van der Waals surface area contributed by atoms with Crippen LogP contribution in [0.1, 0.15) is 53.9 Å². The molecule has 2 aliphatic heterocycles. The molecule has 0 saturated heterocycles. The summed E-state index contributed by atoms with van der Waals surface area (Å²) in [6.07, 6.45) is 3.38. The molecule has 3 rings (SSSR count). The Morgan fingerprint density at radius 3 is 2.10 bits per heavy atom. The third-order valence-corrected chi connectivity index (χ3v) is 12.5. The summed E-state index contributed by atoms with van der Waals surface area (Å²) in [7, 11) is 1.87. The van der Waals surface area contributed by atoms with Gasteiger partial charge in [-0.2, -0.15) is 0 Å². The minimum Gasteiger partial charge on any atom is -0.468 e. The average Bonchev–Trinajstić information content (AvgIpc) is 3.33. The molecule has 4 unspecified atom stereocenters. The molecule has 6 nitrogen and oxygen atoms in total. The van der Waals surface area contributed by atoms with Crippen LogP contribution in [-0.4, -0.2) is 67.3 Å². The molecule has 0 N–H and O–H groups in total. The fourth-order valence-electron chi connectivity index (χ4n) is 5.39. The Kier molecular flexibility index (Phi) is 7.68. The maximum absolute atomic E-state index is 13.6. The van der Waals surface area contributed by atoms with Crippen LogP contribution in [0.4, 0.5) is 0 Å². The number of methoxy groups -OCH3 is 2. The topological polar surface area (TPSA) is 59.1 Å². The lowest BCUT2D eigenvalue weighted by molar-refractivity contribution is -0.145. The number of nitrogens with zero attached hydrogens (tertiary/aromatic N) is 2. The second kappa shape index (κ2) is 9.74. The average molecular weight is 469 g/mol. The molecule has 0 aromatic heterocycles. The number of carbonyl (C=O) groups is 2. The van der Waals surface area contributed by atoms with Gasteiger partial charge in [0.05, 0.1) is 30.9 Å². The van der Waals surface area contributed by atoms with Gasteiger partial charge in [-0.1, -0.05) is 31.1 Å². The van der Waals surface area contributed by atoms with Crippen molar-refractivity contribution in [2.45, 2.75) is 59.0 Å². The van der Waals surface area contributed by atoms with Gasteiger partial charge in [-0.25, -0.2) is 4.79 Å². The molecule has 0 bridgehead atoms. The van der Waals surface area contributed by atoms with Gasteiger partial charge < -0.3 is 19.3 Å². The van der Waals surface area contributed by atoms with E-state index in [-0.39, 0.29) is 11.9 Å². The van der Waals surface area contributed by atoms with Crippen molar-refractivity contribution in [3.05, 3.63) is 21.6 Å². The first-order valence-corrected chi connectivity index (χ1v) is 14.3. The van der Waals surface area contributed by atoms with Crippen LogP contribution in [0.2, 0.25) is 0 Å². The van der Waals surface area contributed by atoms with Crippen LogP contribution in [0.15, 0.2) is 21.6 Å². The molecule has 0 aromatic rings. The van der Waals surface area contributed by atoms with Crippen LogP contribution in [-0.2, 0) is 19.1 Å². The Hall–Kier alpha value is -1.20. The van der Waals surface area contributed by atoms with E-state index in [0.29, 0.717) is 17.4 Å². The summed E-state index contributed by atoms with van der Waals surface area (Å²) in [5.74, 6) is 0.120. The summed E-state index contributed by atoms with van der Waals surface area (Å²) >= 11 is 1.78. The highest BCUT2D eigenvalue weighted by molar-refractivity contribution is 8.60. The van der Waals surface area contributed by atoms with Gasteiger partial charge in [0, 0.05) is 38.2 Å². The van der Waals surface area contributed by atoms with Crippen molar-refractivity contribution < 1.29 is 19.1 Å². The summed E-state index contributed by atoms with van der Waals surface area (Å²) in [5.41, 5.74) is 2.77. The lowest BCUT2D eigenvalue weighted by Gasteiger charge is -2.53. The highest BCUT2D eigenvalue weighted by Crippen LogP contribution is 2.86. The zero-order valence-corrected chi connectivity index (χ0v) is 21.7. The molecule has 31 heavy (non-hydrogen) atoms. The van der Waals surface area contributed by atoms with Gasteiger partial charge in [0.1, 0.15) is 0 Å². The zero-order chi connectivity index (χ0) is 22.9. The molecular weight excluding hydrogens is 431 g/mol. The van der Waals surface area contributed by atoms with Crippen LogP contribution in [0.25, 0.3) is 0 Å². The first kappa shape index (κ1) is 24.4. The van der Waals surface area contributed by atoms with Crippen LogP contribution < -0.4 is 0 Å². The molecule has 0 aromatic carbocycles. The van der Waals surface area contributed by atoms with E-state index >= 15 is 0 Å². The van der Waals surface area contributed by atoms with Crippen LogP contribution in [0.3, 0.4) is 0 Å². The third-order valence-electron chi connectivity index (χ3n) is 7.06. The van der Waals surface area contributed by atoms with E-state index in [1.54, 1.807) is 11.4 Å². The van der Waals surface area contributed by atoms with E-state index in [2.05, 4.69) is 44.4 Å². The molecule has 4 atom stereocenters. The molecular formula is C23H37N2O4PS. The molecule has 1 aliphatic carbocycles.